The molecule has 1 N–H and O–H groups in total. The lowest BCUT2D eigenvalue weighted by atomic mass is 10.1. The quantitative estimate of drug-likeness (QED) is 0.878. The van der Waals surface area contributed by atoms with Gasteiger partial charge in [-0.15, -0.1) is 0 Å². The van der Waals surface area contributed by atoms with E-state index < -0.39 is 0 Å². The second kappa shape index (κ2) is 6.05. The Labute approximate surface area is 123 Å². The van der Waals surface area contributed by atoms with E-state index in [1.165, 1.54) is 12.1 Å². The molecule has 0 fully saturated rings. The summed E-state index contributed by atoms with van der Waals surface area (Å²) in [5.41, 5.74) is 2.02. The molecule has 0 amide bonds. The minimum absolute atomic E-state index is 0.362. The Hall–Kier alpha value is -1.57. The zero-order valence-corrected chi connectivity index (χ0v) is 12.1. The van der Waals surface area contributed by atoms with Gasteiger partial charge in [-0.3, -0.25) is 0 Å². The summed E-state index contributed by atoms with van der Waals surface area (Å²) < 4.78 is 13.8. The van der Waals surface area contributed by atoms with Crippen molar-refractivity contribution in [3.8, 4) is 6.07 Å². The van der Waals surface area contributed by atoms with Crippen LogP contribution in [-0.2, 0) is 6.54 Å². The smallest absolute Gasteiger partial charge is 0.124 e. The minimum atomic E-state index is -0.367. The highest BCUT2D eigenvalue weighted by atomic mass is 79.9. The zero-order chi connectivity index (χ0) is 13.8. The first-order chi connectivity index (χ1) is 9.10. The van der Waals surface area contributed by atoms with Gasteiger partial charge in [0.25, 0.3) is 0 Å². The van der Waals surface area contributed by atoms with Crippen molar-refractivity contribution in [2.24, 2.45) is 0 Å². The molecule has 96 valence electrons. The minimum Gasteiger partial charge on any atom is -0.380 e. The molecule has 0 aliphatic carbocycles. The predicted octanol–water partition coefficient (Wildman–Crippen LogP) is 4.73. The fraction of sp³-hybridized carbons (Fsp3) is 0.0714. The van der Waals surface area contributed by atoms with Crippen LogP contribution in [0.4, 0.5) is 10.1 Å². The van der Waals surface area contributed by atoms with E-state index >= 15 is 0 Å². The van der Waals surface area contributed by atoms with Crippen molar-refractivity contribution in [1.29, 1.82) is 5.26 Å². The number of hydrogen-bond donors (Lipinski definition) is 1. The molecule has 0 radical (unpaired) electrons. The Bertz CT molecular complexity index is 652. The van der Waals surface area contributed by atoms with Gasteiger partial charge in [-0.05, 0) is 35.9 Å². The summed E-state index contributed by atoms with van der Waals surface area (Å²) in [6.45, 7) is 0.421. The molecule has 0 atom stereocenters. The van der Waals surface area contributed by atoms with Crippen molar-refractivity contribution in [3.63, 3.8) is 0 Å². The Morgan fingerprint density at radius 3 is 2.74 bits per heavy atom. The number of anilines is 1. The topological polar surface area (TPSA) is 35.8 Å². The van der Waals surface area contributed by atoms with E-state index in [2.05, 4.69) is 27.3 Å². The van der Waals surface area contributed by atoms with E-state index in [4.69, 9.17) is 16.9 Å². The fourth-order valence-electron chi connectivity index (χ4n) is 1.62. The van der Waals surface area contributed by atoms with Crippen LogP contribution in [-0.4, -0.2) is 0 Å². The summed E-state index contributed by atoms with van der Waals surface area (Å²) in [4.78, 5) is 0. The van der Waals surface area contributed by atoms with Crippen LogP contribution in [0.5, 0.6) is 0 Å². The largest absolute Gasteiger partial charge is 0.380 e. The lowest BCUT2D eigenvalue weighted by Gasteiger charge is -2.10. The molecule has 19 heavy (non-hydrogen) atoms. The van der Waals surface area contributed by atoms with E-state index in [0.29, 0.717) is 22.8 Å². The predicted molar refractivity (Wildman–Crippen MR) is 77.6 cm³/mol. The summed E-state index contributed by atoms with van der Waals surface area (Å²) in [5, 5.41) is 12.5. The number of hydrogen-bond acceptors (Lipinski definition) is 2. The Morgan fingerprint density at radius 2 is 2.05 bits per heavy atom. The molecule has 0 saturated carbocycles. The number of nitriles is 1. The van der Waals surface area contributed by atoms with E-state index in [1.807, 2.05) is 6.07 Å². The first kappa shape index (κ1) is 13.9. The van der Waals surface area contributed by atoms with Gasteiger partial charge >= 0.3 is 0 Å². The van der Waals surface area contributed by atoms with Gasteiger partial charge in [0.2, 0.25) is 0 Å². The van der Waals surface area contributed by atoms with Crippen molar-refractivity contribution >= 4 is 33.2 Å². The lowest BCUT2D eigenvalue weighted by Crippen LogP contribution is -2.02. The highest BCUT2D eigenvalue weighted by Crippen LogP contribution is 2.23. The molecule has 2 aromatic rings. The SMILES string of the molecule is N#Cc1ccc(Br)cc1NCc1ccc(F)cc1Cl. The summed E-state index contributed by atoms with van der Waals surface area (Å²) in [6.07, 6.45) is 0. The maximum absolute atomic E-state index is 12.9. The standard InChI is InChI=1S/C14H9BrClFN2/c15-11-3-1-9(7-18)14(5-11)19-8-10-2-4-12(17)6-13(10)16/h1-6,19H,8H2. The van der Waals surface area contributed by atoms with Gasteiger partial charge in [0, 0.05) is 16.0 Å². The highest BCUT2D eigenvalue weighted by Gasteiger charge is 2.05. The van der Waals surface area contributed by atoms with Crippen LogP contribution >= 0.6 is 27.5 Å². The second-order valence-electron chi connectivity index (χ2n) is 3.89. The number of nitrogens with one attached hydrogen (secondary N) is 1. The molecule has 0 spiro atoms. The summed E-state index contributed by atoms with van der Waals surface area (Å²) in [5.74, 6) is -0.367. The van der Waals surface area contributed by atoms with Gasteiger partial charge < -0.3 is 5.32 Å². The highest BCUT2D eigenvalue weighted by molar-refractivity contribution is 9.10. The van der Waals surface area contributed by atoms with Crippen LogP contribution in [0.2, 0.25) is 5.02 Å². The first-order valence-corrected chi connectivity index (χ1v) is 6.64. The second-order valence-corrected chi connectivity index (χ2v) is 5.21. The molecular weight excluding hydrogens is 331 g/mol. The van der Waals surface area contributed by atoms with Gasteiger partial charge in [-0.25, -0.2) is 4.39 Å². The Morgan fingerprint density at radius 1 is 1.26 bits per heavy atom. The molecule has 0 bridgehead atoms. The molecule has 5 heteroatoms. The van der Waals surface area contributed by atoms with E-state index in [0.717, 1.165) is 10.0 Å². The molecular formula is C14H9BrClFN2. The molecule has 0 aliphatic heterocycles. The number of nitrogens with zero attached hydrogens (tertiary/aromatic N) is 1. The van der Waals surface area contributed by atoms with Gasteiger partial charge in [0.05, 0.1) is 11.3 Å². The molecule has 0 saturated heterocycles. The number of rotatable bonds is 3. The number of benzene rings is 2. The monoisotopic (exact) mass is 338 g/mol. The van der Waals surface area contributed by atoms with Crippen LogP contribution in [0.1, 0.15) is 11.1 Å². The van der Waals surface area contributed by atoms with E-state index in [1.54, 1.807) is 18.2 Å². The molecule has 0 unspecified atom stereocenters. The molecule has 2 aromatic carbocycles. The molecule has 0 aliphatic rings. The van der Waals surface area contributed by atoms with Crippen LogP contribution in [0.15, 0.2) is 40.9 Å². The van der Waals surface area contributed by atoms with Crippen molar-refractivity contribution in [2.45, 2.75) is 6.54 Å². The molecule has 2 nitrogen and oxygen atoms in total. The van der Waals surface area contributed by atoms with Crippen LogP contribution in [0, 0.1) is 17.1 Å². The van der Waals surface area contributed by atoms with E-state index in [9.17, 15) is 4.39 Å². The van der Waals surface area contributed by atoms with Crippen LogP contribution in [0.3, 0.4) is 0 Å². The number of halogens is 3. The summed E-state index contributed by atoms with van der Waals surface area (Å²) in [6, 6.07) is 11.7. The Balaban J connectivity index is 2.19. The normalized spacial score (nSPS) is 10.0. The lowest BCUT2D eigenvalue weighted by molar-refractivity contribution is 0.627. The molecule has 0 aromatic heterocycles. The molecule has 2 rings (SSSR count). The zero-order valence-electron chi connectivity index (χ0n) is 9.75. The third-order valence-electron chi connectivity index (χ3n) is 2.59. The first-order valence-electron chi connectivity index (χ1n) is 5.47. The van der Waals surface area contributed by atoms with Crippen molar-refractivity contribution < 1.29 is 4.39 Å². The van der Waals surface area contributed by atoms with Crippen LogP contribution in [0.25, 0.3) is 0 Å². The van der Waals surface area contributed by atoms with E-state index in [-0.39, 0.29) is 5.82 Å². The van der Waals surface area contributed by atoms with Gasteiger partial charge in [0.15, 0.2) is 0 Å². The average Bonchev–Trinajstić information content (AvgIpc) is 2.38. The summed E-state index contributed by atoms with van der Waals surface area (Å²) >= 11 is 9.30. The third kappa shape index (κ3) is 3.46. The third-order valence-corrected chi connectivity index (χ3v) is 3.43. The maximum Gasteiger partial charge on any atom is 0.124 e. The van der Waals surface area contributed by atoms with Crippen molar-refractivity contribution in [2.75, 3.05) is 5.32 Å². The van der Waals surface area contributed by atoms with Crippen molar-refractivity contribution in [3.05, 3.63) is 62.8 Å². The van der Waals surface area contributed by atoms with Gasteiger partial charge in [0.1, 0.15) is 11.9 Å². The Kier molecular flexibility index (Phi) is 4.41. The molecule has 0 heterocycles. The van der Waals surface area contributed by atoms with Crippen molar-refractivity contribution in [1.82, 2.24) is 0 Å². The van der Waals surface area contributed by atoms with Crippen LogP contribution < -0.4 is 5.32 Å². The van der Waals surface area contributed by atoms with Gasteiger partial charge in [-0.2, -0.15) is 5.26 Å². The maximum atomic E-state index is 12.9. The fourth-order valence-corrected chi connectivity index (χ4v) is 2.21. The summed E-state index contributed by atoms with van der Waals surface area (Å²) in [7, 11) is 0. The average molecular weight is 340 g/mol. The van der Waals surface area contributed by atoms with Gasteiger partial charge in [-0.1, -0.05) is 33.6 Å².